The molecular formula is C9H15NO5. The first kappa shape index (κ1) is 13.4. The van der Waals surface area contributed by atoms with Crippen molar-refractivity contribution in [3.8, 4) is 0 Å². The molecular weight excluding hydrogens is 202 g/mol. The summed E-state index contributed by atoms with van der Waals surface area (Å²) < 4.78 is 9.62. The number of aliphatic hydroxyl groups excluding tert-OH is 1. The topological polar surface area (TPSA) is 77.4 Å². The molecule has 0 aromatic rings. The quantitative estimate of drug-likeness (QED) is 0.170. The van der Waals surface area contributed by atoms with Crippen LogP contribution >= 0.6 is 0 Å². The normalized spacial score (nSPS) is 10.7. The number of carbonyl (C=O) groups excluding carboxylic acids is 1. The summed E-state index contributed by atoms with van der Waals surface area (Å²) in [7, 11) is 1.29. The van der Waals surface area contributed by atoms with Gasteiger partial charge >= 0.3 is 11.9 Å². The molecule has 0 fully saturated rings. The highest BCUT2D eigenvalue weighted by Gasteiger charge is 2.15. The lowest BCUT2D eigenvalue weighted by molar-refractivity contribution is -0.137. The van der Waals surface area contributed by atoms with E-state index < -0.39 is 5.97 Å². The molecule has 0 amide bonds. The van der Waals surface area contributed by atoms with Gasteiger partial charge in [-0.05, 0) is 5.16 Å². The van der Waals surface area contributed by atoms with Crippen molar-refractivity contribution in [2.45, 2.75) is 6.42 Å². The first-order valence-corrected chi connectivity index (χ1v) is 4.39. The molecule has 6 heteroatoms. The number of oxime groups is 1. The van der Waals surface area contributed by atoms with Crippen LogP contribution in [0.25, 0.3) is 0 Å². The maximum atomic E-state index is 11.2. The fourth-order valence-corrected chi connectivity index (χ4v) is 0.634. The number of nitrogens with zero attached hydrogens (tertiary/aromatic N) is 1. The molecule has 0 heterocycles. The average Bonchev–Trinajstić information content (AvgIpc) is 2.24. The molecule has 0 saturated carbocycles. The highest BCUT2D eigenvalue weighted by atomic mass is 16.6. The number of rotatable bonds is 6. The van der Waals surface area contributed by atoms with Crippen molar-refractivity contribution in [1.29, 1.82) is 0 Å². The van der Waals surface area contributed by atoms with Gasteiger partial charge in [-0.25, -0.2) is 4.79 Å². The number of hydrogen-bond donors (Lipinski definition) is 1. The molecule has 86 valence electrons. The molecule has 0 bridgehead atoms. The molecule has 0 saturated heterocycles. The standard InChI is InChI=1S/C9H15NO5/c1-3-6-14-8(10-13-2)9(12)15-7-4-5-11/h3,11H,1,4-7H2,2H3. The highest BCUT2D eigenvalue weighted by Crippen LogP contribution is 1.91. The van der Waals surface area contributed by atoms with Crippen molar-refractivity contribution < 1.29 is 24.2 Å². The second-order valence-corrected chi connectivity index (χ2v) is 2.39. The molecule has 0 unspecified atom stereocenters. The van der Waals surface area contributed by atoms with Crippen LogP contribution < -0.4 is 0 Å². The summed E-state index contributed by atoms with van der Waals surface area (Å²) in [6.45, 7) is 3.62. The minimum atomic E-state index is -0.729. The molecule has 0 spiro atoms. The first-order valence-electron chi connectivity index (χ1n) is 4.39. The van der Waals surface area contributed by atoms with Gasteiger partial charge in [-0.1, -0.05) is 12.7 Å². The molecule has 6 nitrogen and oxygen atoms in total. The van der Waals surface area contributed by atoms with Gasteiger partial charge in [-0.15, -0.1) is 0 Å². The van der Waals surface area contributed by atoms with Crippen molar-refractivity contribution in [1.82, 2.24) is 0 Å². The Morgan fingerprint density at radius 1 is 1.53 bits per heavy atom. The van der Waals surface area contributed by atoms with Crippen LogP contribution in [0.4, 0.5) is 0 Å². The van der Waals surface area contributed by atoms with Crippen LogP contribution in [-0.4, -0.2) is 43.9 Å². The average molecular weight is 217 g/mol. The molecule has 0 aliphatic carbocycles. The van der Waals surface area contributed by atoms with Crippen LogP contribution in [0.3, 0.4) is 0 Å². The van der Waals surface area contributed by atoms with Gasteiger partial charge in [0, 0.05) is 13.0 Å². The van der Waals surface area contributed by atoms with Crippen molar-refractivity contribution in [3.63, 3.8) is 0 Å². The molecule has 15 heavy (non-hydrogen) atoms. The Kier molecular flexibility index (Phi) is 8.08. The van der Waals surface area contributed by atoms with Gasteiger partial charge in [0.2, 0.25) is 0 Å². The Balaban J connectivity index is 4.05. The van der Waals surface area contributed by atoms with E-state index >= 15 is 0 Å². The van der Waals surface area contributed by atoms with E-state index in [0.29, 0.717) is 6.42 Å². The maximum Gasteiger partial charge on any atom is 0.397 e. The Morgan fingerprint density at radius 3 is 2.80 bits per heavy atom. The van der Waals surface area contributed by atoms with Gasteiger partial charge in [-0.3, -0.25) is 0 Å². The smallest absolute Gasteiger partial charge is 0.397 e. The Bertz CT molecular complexity index is 227. The van der Waals surface area contributed by atoms with Gasteiger partial charge in [0.15, 0.2) is 0 Å². The van der Waals surface area contributed by atoms with E-state index in [1.165, 1.54) is 13.2 Å². The van der Waals surface area contributed by atoms with Crippen LogP contribution in [0.2, 0.25) is 0 Å². The predicted molar refractivity (Wildman–Crippen MR) is 53.3 cm³/mol. The predicted octanol–water partition coefficient (Wildman–Crippen LogP) is 0.0745. The first-order chi connectivity index (χ1) is 7.26. The van der Waals surface area contributed by atoms with Crippen molar-refractivity contribution in [3.05, 3.63) is 12.7 Å². The van der Waals surface area contributed by atoms with Crippen LogP contribution in [0.15, 0.2) is 17.8 Å². The van der Waals surface area contributed by atoms with Crippen molar-refractivity contribution in [2.24, 2.45) is 5.16 Å². The number of aliphatic hydroxyl groups is 1. The van der Waals surface area contributed by atoms with Crippen LogP contribution in [0.5, 0.6) is 0 Å². The summed E-state index contributed by atoms with van der Waals surface area (Å²) in [6.07, 6.45) is 1.83. The minimum absolute atomic E-state index is 0.0441. The van der Waals surface area contributed by atoms with Gasteiger partial charge in [0.1, 0.15) is 13.7 Å². The fraction of sp³-hybridized carbons (Fsp3) is 0.556. The Morgan fingerprint density at radius 2 is 2.27 bits per heavy atom. The van der Waals surface area contributed by atoms with Gasteiger partial charge in [-0.2, -0.15) is 0 Å². The summed E-state index contributed by atoms with van der Waals surface area (Å²) in [5.41, 5.74) is 0. The summed E-state index contributed by atoms with van der Waals surface area (Å²) in [5.74, 6) is -0.998. The summed E-state index contributed by atoms with van der Waals surface area (Å²) in [6, 6.07) is 0. The number of carbonyl (C=O) groups is 1. The lowest BCUT2D eigenvalue weighted by atomic mass is 10.5. The molecule has 0 aromatic heterocycles. The highest BCUT2D eigenvalue weighted by molar-refractivity contribution is 6.32. The monoisotopic (exact) mass is 217 g/mol. The molecule has 1 N–H and O–H groups in total. The van der Waals surface area contributed by atoms with Gasteiger partial charge in [0.05, 0.1) is 6.61 Å². The minimum Gasteiger partial charge on any atom is -0.466 e. The summed E-state index contributed by atoms with van der Waals surface area (Å²) in [4.78, 5) is 15.6. The van der Waals surface area contributed by atoms with Crippen LogP contribution in [0.1, 0.15) is 6.42 Å². The zero-order chi connectivity index (χ0) is 11.5. The number of esters is 1. The molecule has 0 rings (SSSR count). The molecule has 0 aliphatic rings. The molecule has 0 atom stereocenters. The summed E-state index contributed by atoms with van der Waals surface area (Å²) in [5, 5.41) is 11.8. The largest absolute Gasteiger partial charge is 0.466 e. The van der Waals surface area contributed by atoms with E-state index in [4.69, 9.17) is 14.6 Å². The van der Waals surface area contributed by atoms with Gasteiger partial charge < -0.3 is 19.4 Å². The van der Waals surface area contributed by atoms with E-state index in [0.717, 1.165) is 0 Å². The lowest BCUT2D eigenvalue weighted by Crippen LogP contribution is -2.22. The van der Waals surface area contributed by atoms with E-state index in [1.54, 1.807) is 0 Å². The van der Waals surface area contributed by atoms with Crippen molar-refractivity contribution in [2.75, 3.05) is 26.9 Å². The second kappa shape index (κ2) is 9.01. The van der Waals surface area contributed by atoms with Crippen LogP contribution in [0, 0.1) is 0 Å². The second-order valence-electron chi connectivity index (χ2n) is 2.39. The maximum absolute atomic E-state index is 11.2. The van der Waals surface area contributed by atoms with Crippen molar-refractivity contribution >= 4 is 11.9 Å². The SMILES string of the molecule is C=CCOC(=NOC)C(=O)OCCCO. The number of hydrogen-bond acceptors (Lipinski definition) is 6. The van der Waals surface area contributed by atoms with E-state index in [1.807, 2.05) is 0 Å². The Hall–Kier alpha value is -1.56. The summed E-state index contributed by atoms with van der Waals surface area (Å²) >= 11 is 0. The van der Waals surface area contributed by atoms with E-state index in [-0.39, 0.29) is 25.7 Å². The van der Waals surface area contributed by atoms with Crippen LogP contribution in [-0.2, 0) is 19.1 Å². The molecule has 0 aliphatic heterocycles. The molecule has 0 aromatic carbocycles. The number of ether oxygens (including phenoxy) is 2. The fourth-order valence-electron chi connectivity index (χ4n) is 0.634. The van der Waals surface area contributed by atoms with E-state index in [9.17, 15) is 4.79 Å². The lowest BCUT2D eigenvalue weighted by Gasteiger charge is -2.06. The third-order valence-corrected chi connectivity index (χ3v) is 1.22. The zero-order valence-corrected chi connectivity index (χ0v) is 8.64. The third-order valence-electron chi connectivity index (χ3n) is 1.22. The molecule has 0 radical (unpaired) electrons. The third kappa shape index (κ3) is 6.50. The van der Waals surface area contributed by atoms with Gasteiger partial charge in [0.25, 0.3) is 0 Å². The van der Waals surface area contributed by atoms with E-state index in [2.05, 4.69) is 16.6 Å². The zero-order valence-electron chi connectivity index (χ0n) is 8.64. The Labute approximate surface area is 88.1 Å².